The third-order valence-electron chi connectivity index (χ3n) is 2.08. The normalized spacial score (nSPS) is 19.4. The summed E-state index contributed by atoms with van der Waals surface area (Å²) in [4.78, 5) is 4.17. The van der Waals surface area contributed by atoms with Crippen LogP contribution in [-0.4, -0.2) is 45.5 Å². The first kappa shape index (κ1) is 11.3. The fourth-order valence-corrected chi connectivity index (χ4v) is 1.06. The van der Waals surface area contributed by atoms with Crippen LogP contribution in [0.1, 0.15) is 12.8 Å². The lowest BCUT2D eigenvalue weighted by Gasteiger charge is -2.12. The van der Waals surface area contributed by atoms with E-state index in [2.05, 4.69) is 10.3 Å². The Morgan fingerprint density at radius 3 is 2.79 bits per heavy atom. The number of methoxy groups -OCH3 is 2. The quantitative estimate of drug-likeness (QED) is 0.458. The van der Waals surface area contributed by atoms with Crippen LogP contribution in [0.5, 0.6) is 0 Å². The highest BCUT2D eigenvalue weighted by atomic mass is 16.5. The second-order valence-electron chi connectivity index (χ2n) is 3.46. The van der Waals surface area contributed by atoms with Crippen LogP contribution < -0.4 is 11.1 Å². The minimum atomic E-state index is -0.0143. The Morgan fingerprint density at radius 2 is 2.29 bits per heavy atom. The van der Waals surface area contributed by atoms with Crippen LogP contribution in [0, 0.1) is 0 Å². The largest absolute Gasteiger partial charge is 0.382 e. The van der Waals surface area contributed by atoms with Crippen molar-refractivity contribution in [2.75, 3.05) is 27.4 Å². The van der Waals surface area contributed by atoms with Crippen LogP contribution in [0.3, 0.4) is 0 Å². The summed E-state index contributed by atoms with van der Waals surface area (Å²) in [5, 5.41) is 3.11. The maximum atomic E-state index is 5.66. The first-order chi connectivity index (χ1) is 6.76. The predicted octanol–water partition coefficient (Wildman–Crippen LogP) is -0.285. The van der Waals surface area contributed by atoms with E-state index in [0.29, 0.717) is 25.2 Å². The van der Waals surface area contributed by atoms with E-state index in [9.17, 15) is 0 Å². The molecule has 1 fully saturated rings. The molecular weight excluding hydrogens is 182 g/mol. The molecule has 3 N–H and O–H groups in total. The van der Waals surface area contributed by atoms with Crippen molar-refractivity contribution in [2.45, 2.75) is 25.0 Å². The van der Waals surface area contributed by atoms with Gasteiger partial charge in [0.25, 0.3) is 0 Å². The van der Waals surface area contributed by atoms with E-state index in [1.165, 1.54) is 12.8 Å². The van der Waals surface area contributed by atoms with Gasteiger partial charge < -0.3 is 20.5 Å². The average Bonchev–Trinajstić information content (AvgIpc) is 2.96. The third kappa shape index (κ3) is 4.43. The predicted molar refractivity (Wildman–Crippen MR) is 55.3 cm³/mol. The van der Waals surface area contributed by atoms with Gasteiger partial charge in [0, 0.05) is 20.3 Å². The molecule has 0 spiro atoms. The summed E-state index contributed by atoms with van der Waals surface area (Å²) in [5.74, 6) is 0.505. The minimum absolute atomic E-state index is 0.0143. The number of nitrogens with zero attached hydrogens (tertiary/aromatic N) is 1. The molecule has 14 heavy (non-hydrogen) atoms. The molecule has 0 saturated heterocycles. The number of ether oxygens (including phenoxy) is 2. The zero-order valence-electron chi connectivity index (χ0n) is 8.82. The van der Waals surface area contributed by atoms with Crippen LogP contribution >= 0.6 is 0 Å². The fourth-order valence-electron chi connectivity index (χ4n) is 1.06. The summed E-state index contributed by atoms with van der Waals surface area (Å²) in [6.07, 6.45) is 2.38. The number of nitrogens with two attached hydrogens (primary N) is 1. The Labute approximate surface area is 84.7 Å². The topological polar surface area (TPSA) is 68.9 Å². The highest BCUT2D eigenvalue weighted by Gasteiger charge is 2.21. The molecule has 0 bridgehead atoms. The highest BCUT2D eigenvalue weighted by molar-refractivity contribution is 5.78. The number of nitrogens with one attached hydrogen (secondary N) is 1. The molecule has 5 heteroatoms. The zero-order chi connectivity index (χ0) is 10.4. The molecule has 1 rings (SSSR count). The first-order valence-electron chi connectivity index (χ1n) is 4.84. The number of aliphatic imine (C=N–C) groups is 1. The molecule has 1 aliphatic carbocycles. The van der Waals surface area contributed by atoms with Gasteiger partial charge in [-0.05, 0) is 12.8 Å². The van der Waals surface area contributed by atoms with Crippen LogP contribution in [0.2, 0.25) is 0 Å². The summed E-state index contributed by atoms with van der Waals surface area (Å²) in [7, 11) is 3.28. The molecule has 1 saturated carbocycles. The van der Waals surface area contributed by atoms with Crippen molar-refractivity contribution >= 4 is 5.96 Å². The molecule has 1 atom stereocenters. The smallest absolute Gasteiger partial charge is 0.188 e. The fraction of sp³-hybridized carbons (Fsp3) is 0.889. The minimum Gasteiger partial charge on any atom is -0.382 e. The van der Waals surface area contributed by atoms with Crippen LogP contribution in [0.25, 0.3) is 0 Å². The number of rotatable bonds is 6. The molecule has 1 unspecified atom stereocenters. The lowest BCUT2D eigenvalue weighted by Crippen LogP contribution is -2.34. The lowest BCUT2D eigenvalue weighted by atomic mass is 10.4. The second kappa shape index (κ2) is 5.82. The van der Waals surface area contributed by atoms with E-state index in [4.69, 9.17) is 15.2 Å². The third-order valence-corrected chi connectivity index (χ3v) is 2.08. The van der Waals surface area contributed by atoms with Crippen molar-refractivity contribution in [2.24, 2.45) is 10.7 Å². The van der Waals surface area contributed by atoms with Gasteiger partial charge in [0.05, 0.1) is 13.2 Å². The first-order valence-corrected chi connectivity index (χ1v) is 4.84. The van der Waals surface area contributed by atoms with Gasteiger partial charge in [0.1, 0.15) is 6.10 Å². The van der Waals surface area contributed by atoms with Gasteiger partial charge in [-0.15, -0.1) is 0 Å². The van der Waals surface area contributed by atoms with Gasteiger partial charge in [-0.2, -0.15) is 0 Å². The van der Waals surface area contributed by atoms with Crippen molar-refractivity contribution in [3.63, 3.8) is 0 Å². The van der Waals surface area contributed by atoms with Crippen LogP contribution in [0.15, 0.2) is 4.99 Å². The summed E-state index contributed by atoms with van der Waals surface area (Å²) < 4.78 is 10.1. The zero-order valence-corrected chi connectivity index (χ0v) is 8.82. The van der Waals surface area contributed by atoms with Crippen molar-refractivity contribution in [3.8, 4) is 0 Å². The summed E-state index contributed by atoms with van der Waals surface area (Å²) in [5.41, 5.74) is 5.66. The van der Waals surface area contributed by atoms with Gasteiger partial charge in [0.15, 0.2) is 5.96 Å². The van der Waals surface area contributed by atoms with E-state index < -0.39 is 0 Å². The van der Waals surface area contributed by atoms with E-state index in [1.54, 1.807) is 14.2 Å². The molecular formula is C9H19N3O2. The van der Waals surface area contributed by atoms with Gasteiger partial charge >= 0.3 is 0 Å². The Kier molecular flexibility index (Phi) is 4.69. The Morgan fingerprint density at radius 1 is 1.57 bits per heavy atom. The monoisotopic (exact) mass is 201 g/mol. The average molecular weight is 201 g/mol. The maximum absolute atomic E-state index is 5.66. The van der Waals surface area contributed by atoms with E-state index in [0.717, 1.165) is 0 Å². The van der Waals surface area contributed by atoms with E-state index in [1.807, 2.05) is 0 Å². The standard InChI is InChI=1S/C9H19N3O2/c1-13-6-8(14-2)5-11-9(10)12-7-3-4-7/h7-8H,3-6H2,1-2H3,(H3,10,11,12). The lowest BCUT2D eigenvalue weighted by molar-refractivity contribution is 0.0343. The van der Waals surface area contributed by atoms with Gasteiger partial charge in [-0.1, -0.05) is 0 Å². The molecule has 0 heterocycles. The molecule has 0 aromatic heterocycles. The molecule has 0 amide bonds. The van der Waals surface area contributed by atoms with Gasteiger partial charge in [0.2, 0.25) is 0 Å². The van der Waals surface area contributed by atoms with Crippen molar-refractivity contribution < 1.29 is 9.47 Å². The summed E-state index contributed by atoms with van der Waals surface area (Å²) >= 11 is 0. The maximum Gasteiger partial charge on any atom is 0.188 e. The second-order valence-corrected chi connectivity index (χ2v) is 3.46. The number of guanidine groups is 1. The molecule has 1 aliphatic rings. The van der Waals surface area contributed by atoms with Crippen molar-refractivity contribution in [1.82, 2.24) is 5.32 Å². The molecule has 82 valence electrons. The van der Waals surface area contributed by atoms with E-state index >= 15 is 0 Å². The Hall–Kier alpha value is -0.810. The number of hydrogen-bond donors (Lipinski definition) is 2. The summed E-state index contributed by atoms with van der Waals surface area (Å²) in [6.45, 7) is 1.08. The molecule has 0 radical (unpaired) electrons. The Bertz CT molecular complexity index is 192. The number of hydrogen-bond acceptors (Lipinski definition) is 3. The summed E-state index contributed by atoms with van der Waals surface area (Å²) in [6, 6.07) is 0.544. The van der Waals surface area contributed by atoms with E-state index in [-0.39, 0.29) is 6.10 Å². The Balaban J connectivity index is 2.19. The molecule has 0 aliphatic heterocycles. The molecule has 0 aromatic carbocycles. The highest BCUT2D eigenvalue weighted by Crippen LogP contribution is 2.17. The molecule has 5 nitrogen and oxygen atoms in total. The molecule has 0 aromatic rings. The van der Waals surface area contributed by atoms with Gasteiger partial charge in [-0.25, -0.2) is 0 Å². The van der Waals surface area contributed by atoms with Gasteiger partial charge in [-0.3, -0.25) is 4.99 Å². The SMILES string of the molecule is COCC(CN=C(N)NC1CC1)OC. The van der Waals surface area contributed by atoms with Crippen LogP contribution in [0.4, 0.5) is 0 Å². The van der Waals surface area contributed by atoms with Crippen LogP contribution in [-0.2, 0) is 9.47 Å². The van der Waals surface area contributed by atoms with Crippen molar-refractivity contribution in [1.29, 1.82) is 0 Å². The van der Waals surface area contributed by atoms with Crippen molar-refractivity contribution in [3.05, 3.63) is 0 Å².